The standard InChI is InChI=1S/C13H9N3O/c14-9-10-1-3-11(4-2-10)15-12-5-7-13(16-17)8-6-12/h1-8,15H. The van der Waals surface area contributed by atoms with E-state index in [1.54, 1.807) is 36.4 Å². The second-order valence-electron chi connectivity index (χ2n) is 3.45. The Hall–Kier alpha value is -2.67. The van der Waals surface area contributed by atoms with Crippen LogP contribution in [-0.2, 0) is 0 Å². The summed E-state index contributed by atoms with van der Waals surface area (Å²) in [4.78, 5) is 10.2. The monoisotopic (exact) mass is 223 g/mol. The van der Waals surface area contributed by atoms with Crippen LogP contribution in [0.15, 0.2) is 53.7 Å². The van der Waals surface area contributed by atoms with E-state index in [-0.39, 0.29) is 0 Å². The Labute approximate surface area is 98.5 Å². The lowest BCUT2D eigenvalue weighted by atomic mass is 10.2. The fourth-order valence-corrected chi connectivity index (χ4v) is 1.40. The summed E-state index contributed by atoms with van der Waals surface area (Å²) in [5.41, 5.74) is 2.77. The van der Waals surface area contributed by atoms with Crippen molar-refractivity contribution in [2.45, 2.75) is 0 Å². The molecule has 1 N–H and O–H groups in total. The number of hydrogen-bond acceptors (Lipinski definition) is 4. The molecule has 4 nitrogen and oxygen atoms in total. The van der Waals surface area contributed by atoms with Gasteiger partial charge in [0.25, 0.3) is 0 Å². The average Bonchev–Trinajstić information content (AvgIpc) is 2.40. The van der Waals surface area contributed by atoms with Gasteiger partial charge < -0.3 is 5.32 Å². The minimum absolute atomic E-state index is 0.398. The molecule has 0 atom stereocenters. The van der Waals surface area contributed by atoms with Crippen molar-refractivity contribution in [1.82, 2.24) is 0 Å². The summed E-state index contributed by atoms with van der Waals surface area (Å²) in [6.45, 7) is 0. The number of nitroso groups, excluding NO2 is 1. The molecule has 4 heteroatoms. The van der Waals surface area contributed by atoms with Gasteiger partial charge in [-0.15, -0.1) is 4.91 Å². The molecule has 0 fully saturated rings. The molecule has 82 valence electrons. The van der Waals surface area contributed by atoms with E-state index in [2.05, 4.69) is 16.6 Å². The van der Waals surface area contributed by atoms with E-state index in [9.17, 15) is 4.91 Å². The van der Waals surface area contributed by atoms with Gasteiger partial charge in [-0.3, -0.25) is 0 Å². The maximum Gasteiger partial charge on any atom is 0.108 e. The Bertz CT molecular complexity index is 553. The van der Waals surface area contributed by atoms with Crippen molar-refractivity contribution in [2.75, 3.05) is 5.32 Å². The number of rotatable bonds is 3. The van der Waals surface area contributed by atoms with E-state index in [0.29, 0.717) is 11.3 Å². The summed E-state index contributed by atoms with van der Waals surface area (Å²) < 4.78 is 0. The van der Waals surface area contributed by atoms with Crippen LogP contribution < -0.4 is 5.32 Å². The molecule has 0 aromatic heterocycles. The highest BCUT2D eigenvalue weighted by molar-refractivity contribution is 5.62. The molecule has 0 aliphatic carbocycles. The maximum atomic E-state index is 10.2. The molecule has 0 amide bonds. The highest BCUT2D eigenvalue weighted by Crippen LogP contribution is 2.20. The van der Waals surface area contributed by atoms with Crippen LogP contribution in [0.2, 0.25) is 0 Å². The van der Waals surface area contributed by atoms with Crippen molar-refractivity contribution in [3.8, 4) is 6.07 Å². The van der Waals surface area contributed by atoms with Crippen molar-refractivity contribution in [3.63, 3.8) is 0 Å². The Morgan fingerprint density at radius 1 is 0.941 bits per heavy atom. The zero-order valence-corrected chi connectivity index (χ0v) is 8.92. The largest absolute Gasteiger partial charge is 0.356 e. The Morgan fingerprint density at radius 3 is 1.94 bits per heavy atom. The first-order valence-corrected chi connectivity index (χ1v) is 5.02. The molecule has 2 aromatic carbocycles. The topological polar surface area (TPSA) is 65.2 Å². The van der Waals surface area contributed by atoms with Crippen LogP contribution in [0.4, 0.5) is 17.1 Å². The molecule has 0 unspecified atom stereocenters. The van der Waals surface area contributed by atoms with E-state index in [1.165, 1.54) is 0 Å². The number of nitrogens with one attached hydrogen (secondary N) is 1. The third-order valence-electron chi connectivity index (χ3n) is 2.28. The molecular formula is C13H9N3O. The minimum atomic E-state index is 0.398. The molecule has 0 aliphatic heterocycles. The fourth-order valence-electron chi connectivity index (χ4n) is 1.40. The van der Waals surface area contributed by atoms with Gasteiger partial charge in [0.05, 0.1) is 11.6 Å². The van der Waals surface area contributed by atoms with E-state index < -0.39 is 0 Å². The SMILES string of the molecule is N#Cc1ccc(Nc2ccc(N=O)cc2)cc1. The molecule has 17 heavy (non-hydrogen) atoms. The summed E-state index contributed by atoms with van der Waals surface area (Å²) in [5.74, 6) is 0. The van der Waals surface area contributed by atoms with E-state index >= 15 is 0 Å². The molecule has 0 spiro atoms. The summed E-state index contributed by atoms with van der Waals surface area (Å²) in [5, 5.41) is 14.6. The zero-order valence-electron chi connectivity index (χ0n) is 8.92. The van der Waals surface area contributed by atoms with Gasteiger partial charge in [0.2, 0.25) is 0 Å². The second-order valence-corrected chi connectivity index (χ2v) is 3.45. The van der Waals surface area contributed by atoms with Crippen LogP contribution in [0.25, 0.3) is 0 Å². The summed E-state index contributed by atoms with van der Waals surface area (Å²) >= 11 is 0. The molecule has 2 aromatic rings. The average molecular weight is 223 g/mol. The quantitative estimate of drug-likeness (QED) is 0.807. The van der Waals surface area contributed by atoms with Gasteiger partial charge in [0, 0.05) is 11.4 Å². The van der Waals surface area contributed by atoms with Gasteiger partial charge in [-0.25, -0.2) is 0 Å². The Morgan fingerprint density at radius 2 is 1.47 bits per heavy atom. The van der Waals surface area contributed by atoms with Crippen LogP contribution in [-0.4, -0.2) is 0 Å². The molecule has 0 saturated carbocycles. The van der Waals surface area contributed by atoms with E-state index in [1.807, 2.05) is 12.1 Å². The Balaban J connectivity index is 2.14. The van der Waals surface area contributed by atoms with Crippen LogP contribution in [0.1, 0.15) is 5.56 Å². The molecule has 0 saturated heterocycles. The van der Waals surface area contributed by atoms with Crippen LogP contribution in [0, 0.1) is 16.2 Å². The molecular weight excluding hydrogens is 214 g/mol. The van der Waals surface area contributed by atoms with Crippen molar-refractivity contribution in [1.29, 1.82) is 5.26 Å². The molecule has 0 bridgehead atoms. The first-order valence-electron chi connectivity index (χ1n) is 5.02. The van der Waals surface area contributed by atoms with Gasteiger partial charge in [0.15, 0.2) is 0 Å². The maximum absolute atomic E-state index is 10.2. The third-order valence-corrected chi connectivity index (χ3v) is 2.28. The van der Waals surface area contributed by atoms with Crippen molar-refractivity contribution < 1.29 is 0 Å². The summed E-state index contributed by atoms with van der Waals surface area (Å²) in [7, 11) is 0. The number of nitrogens with zero attached hydrogens (tertiary/aromatic N) is 2. The predicted molar refractivity (Wildman–Crippen MR) is 66.3 cm³/mol. The first kappa shape index (κ1) is 10.8. The van der Waals surface area contributed by atoms with Crippen molar-refractivity contribution in [2.24, 2.45) is 5.18 Å². The predicted octanol–water partition coefficient (Wildman–Crippen LogP) is 3.70. The van der Waals surface area contributed by atoms with Crippen LogP contribution in [0.3, 0.4) is 0 Å². The summed E-state index contributed by atoms with van der Waals surface area (Å²) in [6, 6.07) is 16.0. The molecule has 2 rings (SSSR count). The number of benzene rings is 2. The van der Waals surface area contributed by atoms with Gasteiger partial charge in [-0.05, 0) is 53.7 Å². The molecule has 0 aliphatic rings. The van der Waals surface area contributed by atoms with Crippen molar-refractivity contribution >= 4 is 17.1 Å². The molecule has 0 radical (unpaired) electrons. The number of nitriles is 1. The highest BCUT2D eigenvalue weighted by Gasteiger charge is 1.96. The fraction of sp³-hybridized carbons (Fsp3) is 0. The van der Waals surface area contributed by atoms with Crippen LogP contribution in [0.5, 0.6) is 0 Å². The highest BCUT2D eigenvalue weighted by atomic mass is 16.3. The number of anilines is 2. The van der Waals surface area contributed by atoms with Gasteiger partial charge in [-0.1, -0.05) is 0 Å². The summed E-state index contributed by atoms with van der Waals surface area (Å²) in [6.07, 6.45) is 0. The zero-order chi connectivity index (χ0) is 12.1. The van der Waals surface area contributed by atoms with Gasteiger partial charge in [0.1, 0.15) is 5.69 Å². The first-order chi connectivity index (χ1) is 8.31. The van der Waals surface area contributed by atoms with Gasteiger partial charge in [-0.2, -0.15) is 5.26 Å². The molecule has 0 heterocycles. The lowest BCUT2D eigenvalue weighted by molar-refractivity contribution is 1.46. The lowest BCUT2D eigenvalue weighted by Gasteiger charge is -2.05. The van der Waals surface area contributed by atoms with Crippen LogP contribution >= 0.6 is 0 Å². The number of hydrogen-bond donors (Lipinski definition) is 1. The smallest absolute Gasteiger partial charge is 0.108 e. The van der Waals surface area contributed by atoms with E-state index in [4.69, 9.17) is 5.26 Å². The normalized spacial score (nSPS) is 9.35. The minimum Gasteiger partial charge on any atom is -0.356 e. The van der Waals surface area contributed by atoms with Crippen molar-refractivity contribution in [3.05, 3.63) is 59.0 Å². The van der Waals surface area contributed by atoms with Gasteiger partial charge >= 0.3 is 0 Å². The third kappa shape index (κ3) is 2.67. The second kappa shape index (κ2) is 4.90. The van der Waals surface area contributed by atoms with E-state index in [0.717, 1.165) is 11.4 Å². The lowest BCUT2D eigenvalue weighted by Crippen LogP contribution is -1.89. The Kier molecular flexibility index (Phi) is 3.13.